The number of fused-ring (bicyclic) bond motifs is 1. The second-order valence-corrected chi connectivity index (χ2v) is 6.73. The molecule has 2 N–H and O–H groups in total. The lowest BCUT2D eigenvalue weighted by Crippen LogP contribution is -2.40. The van der Waals surface area contributed by atoms with Gasteiger partial charge < -0.3 is 15.2 Å². The van der Waals surface area contributed by atoms with Crippen LogP contribution in [0.3, 0.4) is 0 Å². The maximum absolute atomic E-state index is 12.7. The lowest BCUT2D eigenvalue weighted by atomic mass is 9.94. The first-order chi connectivity index (χ1) is 13.0. The molecule has 1 aromatic carbocycles. The quantitative estimate of drug-likeness (QED) is 0.552. The predicted octanol–water partition coefficient (Wildman–Crippen LogP) is 1.45. The fraction of sp³-hybridized carbons (Fsp3) is 0.474. The Labute approximate surface area is 156 Å². The highest BCUT2D eigenvalue weighted by Gasteiger charge is 2.40. The van der Waals surface area contributed by atoms with Crippen LogP contribution < -0.4 is 5.32 Å². The summed E-state index contributed by atoms with van der Waals surface area (Å²) < 4.78 is 4.85. The fourth-order valence-corrected chi connectivity index (χ4v) is 3.57. The molecule has 1 aliphatic carbocycles. The van der Waals surface area contributed by atoms with Crippen molar-refractivity contribution < 1.29 is 29.0 Å². The second-order valence-electron chi connectivity index (χ2n) is 6.73. The van der Waals surface area contributed by atoms with Crippen LogP contribution in [0.1, 0.15) is 63.2 Å². The van der Waals surface area contributed by atoms with Gasteiger partial charge in [0.25, 0.3) is 17.7 Å². The number of carboxylic acid groups (broad SMARTS) is 1. The maximum atomic E-state index is 12.7. The molecule has 1 saturated carbocycles. The number of ether oxygens (including phenoxy) is 1. The third kappa shape index (κ3) is 4.16. The van der Waals surface area contributed by atoms with Crippen molar-refractivity contribution in [3.8, 4) is 0 Å². The molecule has 0 bridgehead atoms. The van der Waals surface area contributed by atoms with Crippen LogP contribution in [0.2, 0.25) is 0 Å². The van der Waals surface area contributed by atoms with Crippen molar-refractivity contribution in [1.29, 1.82) is 0 Å². The van der Waals surface area contributed by atoms with E-state index in [2.05, 4.69) is 5.32 Å². The summed E-state index contributed by atoms with van der Waals surface area (Å²) in [6.45, 7) is -0.220. The van der Waals surface area contributed by atoms with Gasteiger partial charge in [0.2, 0.25) is 0 Å². The third-order valence-electron chi connectivity index (χ3n) is 4.88. The highest BCUT2D eigenvalue weighted by atomic mass is 16.5. The highest BCUT2D eigenvalue weighted by Crippen LogP contribution is 2.31. The zero-order valence-electron chi connectivity index (χ0n) is 14.9. The van der Waals surface area contributed by atoms with Crippen molar-refractivity contribution in [3.63, 3.8) is 0 Å². The predicted molar refractivity (Wildman–Crippen MR) is 94.6 cm³/mol. The smallest absolute Gasteiger partial charge is 0.329 e. The number of carbonyl (C=O) groups is 4. The summed E-state index contributed by atoms with van der Waals surface area (Å²) in [5.74, 6) is -2.10. The van der Waals surface area contributed by atoms with Gasteiger partial charge in [0, 0.05) is 18.2 Å². The summed E-state index contributed by atoms with van der Waals surface area (Å²) in [6, 6.07) is 4.43. The van der Waals surface area contributed by atoms with Crippen LogP contribution in [0.25, 0.3) is 0 Å². The van der Waals surface area contributed by atoms with Crippen LogP contribution in [-0.2, 0) is 9.53 Å². The van der Waals surface area contributed by atoms with E-state index in [4.69, 9.17) is 9.84 Å². The van der Waals surface area contributed by atoms with E-state index in [9.17, 15) is 19.2 Å². The molecule has 0 radical (unpaired) electrons. The van der Waals surface area contributed by atoms with Crippen LogP contribution >= 0.6 is 0 Å². The molecule has 3 amide bonds. The van der Waals surface area contributed by atoms with Crippen molar-refractivity contribution >= 4 is 23.7 Å². The molecule has 8 nitrogen and oxygen atoms in total. The third-order valence-corrected chi connectivity index (χ3v) is 4.88. The van der Waals surface area contributed by atoms with Gasteiger partial charge in [-0.1, -0.05) is 19.3 Å². The summed E-state index contributed by atoms with van der Waals surface area (Å²) in [5.41, 5.74) is 0.880. The van der Waals surface area contributed by atoms with E-state index >= 15 is 0 Å². The van der Waals surface area contributed by atoms with E-state index in [1.54, 1.807) is 0 Å². The number of nitrogens with one attached hydrogen (secondary N) is 1. The van der Waals surface area contributed by atoms with Crippen molar-refractivity contribution in [3.05, 3.63) is 34.9 Å². The number of carbonyl (C=O) groups excluding carboxylic acids is 3. The van der Waals surface area contributed by atoms with Crippen molar-refractivity contribution in [1.82, 2.24) is 10.2 Å². The van der Waals surface area contributed by atoms with E-state index < -0.39 is 18.5 Å². The lowest BCUT2D eigenvalue weighted by molar-refractivity contribution is -0.142. The highest BCUT2D eigenvalue weighted by molar-refractivity contribution is 6.22. The number of amides is 3. The van der Waals surface area contributed by atoms with Gasteiger partial charge in [-0.15, -0.1) is 0 Å². The minimum Gasteiger partial charge on any atom is -0.480 e. The standard InChI is InChI=1S/C19H22N2O6/c22-16(23)11-27-9-8-20-17(24)12-6-7-14-15(10-12)19(26)21(18(14)25)13-4-2-1-3-5-13/h6-7,10,13H,1-5,8-9,11H2,(H,20,24)(H,22,23). The topological polar surface area (TPSA) is 113 Å². The molecule has 2 aliphatic rings. The number of rotatable bonds is 7. The van der Waals surface area contributed by atoms with Gasteiger partial charge >= 0.3 is 5.97 Å². The summed E-state index contributed by atoms with van der Waals surface area (Å²) in [5, 5.41) is 11.1. The van der Waals surface area contributed by atoms with Crippen molar-refractivity contribution in [2.24, 2.45) is 0 Å². The van der Waals surface area contributed by atoms with Crippen molar-refractivity contribution in [2.45, 2.75) is 38.1 Å². The minimum absolute atomic E-state index is 0.0604. The van der Waals surface area contributed by atoms with E-state index in [0.717, 1.165) is 32.1 Å². The Balaban J connectivity index is 1.64. The lowest BCUT2D eigenvalue weighted by Gasteiger charge is -2.29. The SMILES string of the molecule is O=C(O)COCCNC(=O)c1ccc2c(c1)C(=O)N(C1CCCCC1)C2=O. The monoisotopic (exact) mass is 374 g/mol. The molecule has 144 valence electrons. The molecule has 0 aromatic heterocycles. The van der Waals surface area contributed by atoms with Gasteiger partial charge in [-0.2, -0.15) is 0 Å². The Kier molecular flexibility index (Phi) is 5.85. The molecular weight excluding hydrogens is 352 g/mol. The van der Waals surface area contributed by atoms with E-state index in [1.165, 1.54) is 23.1 Å². The first-order valence-electron chi connectivity index (χ1n) is 9.08. The molecule has 0 saturated heterocycles. The van der Waals surface area contributed by atoms with Gasteiger partial charge in [0.15, 0.2) is 0 Å². The second kappa shape index (κ2) is 8.30. The van der Waals surface area contributed by atoms with Gasteiger partial charge in [-0.3, -0.25) is 19.3 Å². The molecule has 1 heterocycles. The summed E-state index contributed by atoms with van der Waals surface area (Å²) in [4.78, 5) is 49.3. The van der Waals surface area contributed by atoms with E-state index in [1.807, 2.05) is 0 Å². The Morgan fingerprint density at radius 2 is 1.81 bits per heavy atom. The number of carboxylic acids is 1. The summed E-state index contributed by atoms with van der Waals surface area (Å²) in [6.07, 6.45) is 4.80. The van der Waals surface area contributed by atoms with E-state index in [-0.39, 0.29) is 42.1 Å². The normalized spacial score (nSPS) is 17.1. The number of aliphatic carboxylic acids is 1. The minimum atomic E-state index is -1.08. The number of nitrogens with zero attached hydrogens (tertiary/aromatic N) is 1. The molecular formula is C19H22N2O6. The van der Waals surface area contributed by atoms with Crippen LogP contribution in [0.4, 0.5) is 0 Å². The zero-order valence-corrected chi connectivity index (χ0v) is 14.9. The summed E-state index contributed by atoms with van der Waals surface area (Å²) >= 11 is 0. The molecule has 1 aliphatic heterocycles. The van der Waals surface area contributed by atoms with Crippen LogP contribution in [0.5, 0.6) is 0 Å². The van der Waals surface area contributed by atoms with Gasteiger partial charge in [-0.25, -0.2) is 4.79 Å². The van der Waals surface area contributed by atoms with Crippen LogP contribution in [-0.4, -0.2) is 59.5 Å². The molecule has 27 heavy (non-hydrogen) atoms. The Morgan fingerprint density at radius 3 is 2.52 bits per heavy atom. The Bertz CT molecular complexity index is 769. The first-order valence-corrected chi connectivity index (χ1v) is 9.08. The molecule has 0 spiro atoms. The molecule has 1 aromatic rings. The van der Waals surface area contributed by atoms with Gasteiger partial charge in [0.05, 0.1) is 17.7 Å². The number of hydrogen-bond acceptors (Lipinski definition) is 5. The van der Waals surface area contributed by atoms with Crippen molar-refractivity contribution in [2.75, 3.05) is 19.8 Å². The van der Waals surface area contributed by atoms with Gasteiger partial charge in [0.1, 0.15) is 6.61 Å². The Morgan fingerprint density at radius 1 is 1.11 bits per heavy atom. The molecule has 0 atom stereocenters. The zero-order chi connectivity index (χ0) is 19.4. The molecule has 8 heteroatoms. The number of imide groups is 1. The first kappa shape index (κ1) is 19.0. The number of hydrogen-bond donors (Lipinski definition) is 2. The van der Waals surface area contributed by atoms with Gasteiger partial charge in [-0.05, 0) is 31.0 Å². The fourth-order valence-electron chi connectivity index (χ4n) is 3.57. The largest absolute Gasteiger partial charge is 0.480 e. The molecule has 3 rings (SSSR count). The Hall–Kier alpha value is -2.74. The maximum Gasteiger partial charge on any atom is 0.329 e. The van der Waals surface area contributed by atoms with E-state index in [0.29, 0.717) is 5.56 Å². The van der Waals surface area contributed by atoms with Crippen LogP contribution in [0.15, 0.2) is 18.2 Å². The number of benzene rings is 1. The average molecular weight is 374 g/mol. The summed E-state index contributed by atoms with van der Waals surface area (Å²) in [7, 11) is 0. The molecule has 0 unspecified atom stereocenters. The molecule has 1 fully saturated rings. The average Bonchev–Trinajstić information content (AvgIpc) is 2.92. The van der Waals surface area contributed by atoms with Crippen LogP contribution in [0, 0.1) is 0 Å².